The van der Waals surface area contributed by atoms with E-state index in [0.29, 0.717) is 17.9 Å². The molecular formula is C12H13NO5. The zero-order valence-corrected chi connectivity index (χ0v) is 10.1. The Balaban J connectivity index is 3.10. The summed E-state index contributed by atoms with van der Waals surface area (Å²) in [4.78, 5) is 21.1. The molecule has 0 bridgehead atoms. The zero-order valence-electron chi connectivity index (χ0n) is 10.1. The lowest BCUT2D eigenvalue weighted by Crippen LogP contribution is -1.97. The first kappa shape index (κ1) is 13.7. The number of carbonyl (C=O) groups is 1. The molecule has 0 aliphatic carbocycles. The van der Waals surface area contributed by atoms with E-state index < -0.39 is 10.9 Å². The monoisotopic (exact) mass is 251 g/mol. The van der Waals surface area contributed by atoms with Crippen LogP contribution in [0, 0.1) is 10.1 Å². The molecule has 1 aromatic carbocycles. The van der Waals surface area contributed by atoms with Gasteiger partial charge in [0.25, 0.3) is 5.69 Å². The third-order valence-corrected chi connectivity index (χ3v) is 2.10. The van der Waals surface area contributed by atoms with E-state index in [2.05, 4.69) is 4.74 Å². The van der Waals surface area contributed by atoms with Crippen molar-refractivity contribution in [2.75, 3.05) is 13.7 Å². The van der Waals surface area contributed by atoms with Gasteiger partial charge in [-0.2, -0.15) is 0 Å². The van der Waals surface area contributed by atoms with Crippen molar-refractivity contribution in [2.24, 2.45) is 0 Å². The maximum absolute atomic E-state index is 11.0. The molecule has 6 heteroatoms. The van der Waals surface area contributed by atoms with Crippen LogP contribution in [0.1, 0.15) is 12.5 Å². The van der Waals surface area contributed by atoms with Crippen molar-refractivity contribution in [3.63, 3.8) is 0 Å². The summed E-state index contributed by atoms with van der Waals surface area (Å²) in [5.74, 6) is -0.0628. The maximum Gasteiger partial charge on any atom is 0.330 e. The second-order valence-electron chi connectivity index (χ2n) is 3.27. The highest BCUT2D eigenvalue weighted by Gasteiger charge is 2.10. The minimum atomic E-state index is -0.538. The van der Waals surface area contributed by atoms with E-state index in [-0.39, 0.29) is 5.69 Å². The Morgan fingerprint density at radius 3 is 2.78 bits per heavy atom. The van der Waals surface area contributed by atoms with Crippen LogP contribution in [0.15, 0.2) is 24.3 Å². The summed E-state index contributed by atoms with van der Waals surface area (Å²) in [7, 11) is 1.25. The van der Waals surface area contributed by atoms with Gasteiger partial charge in [0.05, 0.1) is 18.6 Å². The maximum atomic E-state index is 11.0. The van der Waals surface area contributed by atoms with Crippen LogP contribution in [0.5, 0.6) is 5.75 Å². The SMILES string of the molecule is CCOc1ccc([N+](=O)[O-])cc1C=CC(=O)OC. The summed E-state index contributed by atoms with van der Waals surface area (Å²) >= 11 is 0. The molecule has 18 heavy (non-hydrogen) atoms. The van der Waals surface area contributed by atoms with Crippen molar-refractivity contribution < 1.29 is 19.2 Å². The summed E-state index contributed by atoms with van der Waals surface area (Å²) in [6.07, 6.45) is 2.60. The highest BCUT2D eigenvalue weighted by atomic mass is 16.6. The summed E-state index contributed by atoms with van der Waals surface area (Å²) < 4.78 is 9.76. The minimum Gasteiger partial charge on any atom is -0.493 e. The molecule has 0 spiro atoms. The molecule has 96 valence electrons. The Kier molecular flexibility index (Phi) is 4.86. The molecule has 0 aromatic heterocycles. The molecule has 0 unspecified atom stereocenters. The van der Waals surface area contributed by atoms with Gasteiger partial charge in [-0.05, 0) is 19.1 Å². The number of nitrogens with zero attached hydrogens (tertiary/aromatic N) is 1. The van der Waals surface area contributed by atoms with Crippen molar-refractivity contribution in [1.82, 2.24) is 0 Å². The molecule has 0 atom stereocenters. The minimum absolute atomic E-state index is 0.0667. The molecule has 0 fully saturated rings. The lowest BCUT2D eigenvalue weighted by molar-refractivity contribution is -0.384. The molecule has 1 rings (SSSR count). The van der Waals surface area contributed by atoms with Crippen LogP contribution in [0.3, 0.4) is 0 Å². The average molecular weight is 251 g/mol. The first-order valence-electron chi connectivity index (χ1n) is 5.25. The largest absolute Gasteiger partial charge is 0.493 e. The van der Waals surface area contributed by atoms with E-state index in [1.54, 1.807) is 6.92 Å². The number of non-ortho nitro benzene ring substituents is 1. The lowest BCUT2D eigenvalue weighted by Gasteiger charge is -2.06. The van der Waals surface area contributed by atoms with Gasteiger partial charge in [-0.25, -0.2) is 4.79 Å². The number of nitro groups is 1. The Morgan fingerprint density at radius 2 is 2.22 bits per heavy atom. The number of esters is 1. The number of carbonyl (C=O) groups excluding carboxylic acids is 1. The number of methoxy groups -OCH3 is 1. The molecule has 0 saturated heterocycles. The number of hydrogen-bond acceptors (Lipinski definition) is 5. The zero-order chi connectivity index (χ0) is 13.5. The van der Waals surface area contributed by atoms with Crippen LogP contribution >= 0.6 is 0 Å². The Morgan fingerprint density at radius 1 is 1.50 bits per heavy atom. The number of benzene rings is 1. The van der Waals surface area contributed by atoms with Gasteiger partial charge < -0.3 is 9.47 Å². The first-order chi connectivity index (χ1) is 8.58. The van der Waals surface area contributed by atoms with Gasteiger partial charge >= 0.3 is 5.97 Å². The summed E-state index contributed by atoms with van der Waals surface area (Å²) in [5, 5.41) is 10.7. The second-order valence-corrected chi connectivity index (χ2v) is 3.27. The normalized spacial score (nSPS) is 10.3. The van der Waals surface area contributed by atoms with E-state index in [4.69, 9.17) is 4.74 Å². The van der Waals surface area contributed by atoms with E-state index in [1.165, 1.54) is 37.5 Å². The smallest absolute Gasteiger partial charge is 0.330 e. The van der Waals surface area contributed by atoms with Crippen molar-refractivity contribution >= 4 is 17.7 Å². The topological polar surface area (TPSA) is 78.7 Å². The number of rotatable bonds is 5. The van der Waals surface area contributed by atoms with Gasteiger partial charge in [0.2, 0.25) is 0 Å². The fraction of sp³-hybridized carbons (Fsp3) is 0.250. The Bertz CT molecular complexity index is 481. The predicted octanol–water partition coefficient (Wildman–Crippen LogP) is 2.18. The first-order valence-corrected chi connectivity index (χ1v) is 5.25. The summed E-state index contributed by atoms with van der Waals surface area (Å²) in [6.45, 7) is 2.23. The molecule has 0 amide bonds. The Labute approximate surface area is 104 Å². The van der Waals surface area contributed by atoms with E-state index in [0.717, 1.165) is 0 Å². The number of hydrogen-bond donors (Lipinski definition) is 0. The third kappa shape index (κ3) is 3.58. The van der Waals surface area contributed by atoms with Gasteiger partial charge in [-0.3, -0.25) is 10.1 Å². The van der Waals surface area contributed by atoms with Gasteiger partial charge in [0.1, 0.15) is 5.75 Å². The molecule has 0 radical (unpaired) electrons. The molecular weight excluding hydrogens is 238 g/mol. The molecule has 1 aromatic rings. The molecule has 0 heterocycles. The van der Waals surface area contributed by atoms with Crippen LogP contribution in [-0.2, 0) is 9.53 Å². The van der Waals surface area contributed by atoms with E-state index >= 15 is 0 Å². The van der Waals surface area contributed by atoms with E-state index in [9.17, 15) is 14.9 Å². The average Bonchev–Trinajstić information content (AvgIpc) is 2.37. The summed E-state index contributed by atoms with van der Waals surface area (Å²) in [6, 6.07) is 4.18. The van der Waals surface area contributed by atoms with Crippen LogP contribution in [0.25, 0.3) is 6.08 Å². The lowest BCUT2D eigenvalue weighted by atomic mass is 10.1. The quantitative estimate of drug-likeness (QED) is 0.347. The van der Waals surface area contributed by atoms with Gasteiger partial charge in [0.15, 0.2) is 0 Å². The van der Waals surface area contributed by atoms with Gasteiger partial charge in [-0.1, -0.05) is 0 Å². The van der Waals surface area contributed by atoms with Crippen LogP contribution < -0.4 is 4.74 Å². The van der Waals surface area contributed by atoms with Crippen molar-refractivity contribution in [2.45, 2.75) is 6.92 Å². The summed E-state index contributed by atoms with van der Waals surface area (Å²) in [5.41, 5.74) is 0.388. The molecule has 0 saturated carbocycles. The van der Waals surface area contributed by atoms with Crippen LogP contribution in [0.4, 0.5) is 5.69 Å². The van der Waals surface area contributed by atoms with Crippen molar-refractivity contribution in [1.29, 1.82) is 0 Å². The fourth-order valence-corrected chi connectivity index (χ4v) is 1.29. The highest BCUT2D eigenvalue weighted by molar-refractivity contribution is 5.87. The van der Waals surface area contributed by atoms with Crippen molar-refractivity contribution in [3.8, 4) is 5.75 Å². The highest BCUT2D eigenvalue weighted by Crippen LogP contribution is 2.25. The molecule has 0 N–H and O–H groups in total. The molecule has 0 aliphatic rings. The van der Waals surface area contributed by atoms with Crippen LogP contribution in [0.2, 0.25) is 0 Å². The van der Waals surface area contributed by atoms with Crippen molar-refractivity contribution in [3.05, 3.63) is 40.0 Å². The van der Waals surface area contributed by atoms with E-state index in [1.807, 2.05) is 0 Å². The fourth-order valence-electron chi connectivity index (χ4n) is 1.29. The third-order valence-electron chi connectivity index (χ3n) is 2.10. The number of nitro benzene ring substituents is 1. The molecule has 0 aliphatic heterocycles. The Hall–Kier alpha value is -2.37. The van der Waals surface area contributed by atoms with Gasteiger partial charge in [0, 0.05) is 23.8 Å². The second kappa shape index (κ2) is 6.39. The molecule has 6 nitrogen and oxygen atoms in total. The standard InChI is InChI=1S/C12H13NO5/c1-3-18-11-6-5-10(13(15)16)8-9(11)4-7-12(14)17-2/h4-8H,3H2,1-2H3. The number of ether oxygens (including phenoxy) is 2. The van der Waals surface area contributed by atoms with Gasteiger partial charge in [-0.15, -0.1) is 0 Å². The predicted molar refractivity (Wildman–Crippen MR) is 65.3 cm³/mol. The van der Waals surface area contributed by atoms with Crippen LogP contribution in [-0.4, -0.2) is 24.6 Å².